The summed E-state index contributed by atoms with van der Waals surface area (Å²) in [5.41, 5.74) is 2.99. The predicted molar refractivity (Wildman–Crippen MR) is 204 cm³/mol. The number of thiophene rings is 1. The Balaban J connectivity index is 1.10. The molecule has 3 aliphatic carbocycles. The molecule has 3 N–H and O–H groups in total. The molecule has 4 amide bonds. The first kappa shape index (κ1) is 36.4. The highest BCUT2D eigenvalue weighted by atomic mass is 35.5. The first-order valence-electron chi connectivity index (χ1n) is 18.4. The van der Waals surface area contributed by atoms with Gasteiger partial charge in [-0.1, -0.05) is 90.3 Å². The second-order valence-electron chi connectivity index (χ2n) is 14.6. The first-order valence-corrected chi connectivity index (χ1v) is 21.2. The Labute approximate surface area is 322 Å². The van der Waals surface area contributed by atoms with Crippen molar-refractivity contribution in [2.75, 3.05) is 6.54 Å². The number of benzene rings is 2. The molecule has 0 spiro atoms. The van der Waals surface area contributed by atoms with Crippen molar-refractivity contribution in [3.63, 3.8) is 0 Å². The molecule has 2 unspecified atom stereocenters. The third kappa shape index (κ3) is 7.06. The van der Waals surface area contributed by atoms with Gasteiger partial charge in [0.25, 0.3) is 11.8 Å². The van der Waals surface area contributed by atoms with Gasteiger partial charge in [-0.15, -0.1) is 11.3 Å². The number of hydrogen-bond acceptors (Lipinski definition) is 9. The number of rotatable bonds is 7. The number of halogens is 1. The van der Waals surface area contributed by atoms with Gasteiger partial charge >= 0.3 is 0 Å². The lowest BCUT2D eigenvalue weighted by Gasteiger charge is -2.29. The first-order chi connectivity index (χ1) is 26.1. The van der Waals surface area contributed by atoms with Crippen molar-refractivity contribution >= 4 is 62.3 Å². The van der Waals surface area contributed by atoms with Crippen molar-refractivity contribution < 1.29 is 32.4 Å². The Kier molecular flexibility index (Phi) is 9.86. The number of nitrogens with one attached hydrogen (secondary N) is 3. The molecule has 2 aliphatic heterocycles. The molecule has 15 heteroatoms. The SMILES string of the molecule is O=C(N[C@H]1CCCCC/C=C\C2CC2(C(=O)NS(=O)(=O)C2CC2)NC(=O)[C@@H]2C[C@@H](ON=C3c4ccccc4-c4ccccc43)CN2C1=O)c1sccc1Cl. The van der Waals surface area contributed by atoms with Gasteiger partial charge in [0.05, 0.1) is 16.8 Å². The maximum atomic E-state index is 14.5. The zero-order valence-corrected chi connectivity index (χ0v) is 31.7. The molecule has 1 aromatic heterocycles. The van der Waals surface area contributed by atoms with Crippen LogP contribution in [0, 0.1) is 5.92 Å². The monoisotopic (exact) mass is 789 g/mol. The molecule has 8 rings (SSSR count). The highest BCUT2D eigenvalue weighted by molar-refractivity contribution is 7.91. The number of hydrogen-bond donors (Lipinski definition) is 3. The molecule has 0 radical (unpaired) electrons. The second kappa shape index (κ2) is 14.6. The van der Waals surface area contributed by atoms with Gasteiger partial charge in [0, 0.05) is 23.5 Å². The Hall–Kier alpha value is -4.53. The minimum absolute atomic E-state index is 0.0122. The third-order valence-corrected chi connectivity index (χ3v) is 14.1. The Bertz CT molecular complexity index is 2140. The van der Waals surface area contributed by atoms with E-state index in [4.69, 9.17) is 16.4 Å². The summed E-state index contributed by atoms with van der Waals surface area (Å²) in [4.78, 5) is 63.9. The highest BCUT2D eigenvalue weighted by Crippen LogP contribution is 2.46. The molecular formula is C39H40ClN5O7S2. The Morgan fingerprint density at radius 2 is 1.67 bits per heavy atom. The van der Waals surface area contributed by atoms with Crippen LogP contribution in [0.4, 0.5) is 0 Å². The molecule has 3 fully saturated rings. The molecule has 5 aliphatic rings. The van der Waals surface area contributed by atoms with Crippen molar-refractivity contribution in [1.29, 1.82) is 0 Å². The standard InChI is InChI=1S/C39H40ClN5O7S2/c40-30-18-19-53-34(30)36(47)41-31-15-5-3-1-2-4-10-23-21-39(23,38(49)44-54(50,51)25-16-17-25)42-35(46)32-20-24(22-45(32)37(31)48)52-43-33-28-13-8-6-11-26(28)27-12-7-9-14-29(27)33/h4,6-14,18-19,23-25,31-32H,1-3,5,15-17,20-22H2,(H,41,47)(H,42,46)(H,44,49)/b10-4-/t23?,24-,31+,32+,39?/m1/s1. The van der Waals surface area contributed by atoms with Crippen molar-refractivity contribution in [2.45, 2.75) is 86.8 Å². The summed E-state index contributed by atoms with van der Waals surface area (Å²) in [7, 11) is -3.89. The van der Waals surface area contributed by atoms with Gasteiger partial charge in [0.15, 0.2) is 0 Å². The van der Waals surface area contributed by atoms with Gasteiger partial charge in [-0.25, -0.2) is 8.42 Å². The van der Waals surface area contributed by atoms with E-state index in [1.54, 1.807) is 11.4 Å². The van der Waals surface area contributed by atoms with Crippen LogP contribution in [-0.4, -0.2) is 78.2 Å². The number of oxime groups is 1. The number of amides is 4. The van der Waals surface area contributed by atoms with Crippen molar-refractivity contribution in [3.05, 3.63) is 93.2 Å². The van der Waals surface area contributed by atoms with Gasteiger partial charge in [0.2, 0.25) is 21.8 Å². The zero-order chi connectivity index (χ0) is 37.6. The van der Waals surface area contributed by atoms with Crippen LogP contribution in [0.5, 0.6) is 0 Å². The summed E-state index contributed by atoms with van der Waals surface area (Å²) >= 11 is 7.44. The van der Waals surface area contributed by atoms with E-state index in [-0.39, 0.29) is 29.3 Å². The molecule has 2 saturated carbocycles. The van der Waals surface area contributed by atoms with E-state index in [0.717, 1.165) is 35.1 Å². The number of carbonyl (C=O) groups excluding carboxylic acids is 4. The largest absolute Gasteiger partial charge is 0.390 e. The van der Waals surface area contributed by atoms with Gasteiger partial charge in [-0.3, -0.25) is 23.9 Å². The second-order valence-corrected chi connectivity index (χ2v) is 17.9. The van der Waals surface area contributed by atoms with Crippen LogP contribution >= 0.6 is 22.9 Å². The zero-order valence-electron chi connectivity index (χ0n) is 29.3. The lowest BCUT2D eigenvalue weighted by molar-refractivity contribution is -0.141. The van der Waals surface area contributed by atoms with Crippen molar-refractivity contribution in [1.82, 2.24) is 20.3 Å². The maximum absolute atomic E-state index is 14.5. The number of allylic oxidation sites excluding steroid dienone is 1. The smallest absolute Gasteiger partial charge is 0.263 e. The number of sulfonamides is 1. The Morgan fingerprint density at radius 3 is 2.33 bits per heavy atom. The molecule has 54 heavy (non-hydrogen) atoms. The van der Waals surface area contributed by atoms with Crippen molar-refractivity contribution in [3.8, 4) is 11.1 Å². The number of carbonyl (C=O) groups is 4. The van der Waals surface area contributed by atoms with E-state index < -0.39 is 68.5 Å². The fraction of sp³-hybridized carbons (Fsp3) is 0.410. The van der Waals surface area contributed by atoms with E-state index in [1.807, 2.05) is 60.7 Å². The summed E-state index contributed by atoms with van der Waals surface area (Å²) in [5.74, 6) is -2.78. The fourth-order valence-corrected chi connectivity index (χ4v) is 10.1. The summed E-state index contributed by atoms with van der Waals surface area (Å²) in [6, 6.07) is 15.3. The van der Waals surface area contributed by atoms with E-state index >= 15 is 0 Å². The average Bonchev–Trinajstić information content (AvgIpc) is 4.01. The van der Waals surface area contributed by atoms with Gasteiger partial charge in [-0.05, 0) is 61.1 Å². The number of nitrogens with zero attached hydrogens (tertiary/aromatic N) is 2. The lowest BCUT2D eigenvalue weighted by atomic mass is 10.0. The van der Waals surface area contributed by atoms with Crippen LogP contribution in [0.15, 0.2) is 77.3 Å². The highest BCUT2D eigenvalue weighted by Gasteiger charge is 2.62. The lowest BCUT2D eigenvalue weighted by Crippen LogP contribution is -2.58. The van der Waals surface area contributed by atoms with Crippen LogP contribution in [0.1, 0.15) is 78.6 Å². The van der Waals surface area contributed by atoms with Crippen LogP contribution in [-0.2, 0) is 29.2 Å². The van der Waals surface area contributed by atoms with Crippen molar-refractivity contribution in [2.24, 2.45) is 11.1 Å². The topological polar surface area (TPSA) is 163 Å². The molecule has 2 aromatic carbocycles. The van der Waals surface area contributed by atoms with Crippen LogP contribution in [0.2, 0.25) is 5.02 Å². The summed E-state index contributed by atoms with van der Waals surface area (Å²) in [6.07, 6.45) is 7.56. The quantitative estimate of drug-likeness (QED) is 0.177. The summed E-state index contributed by atoms with van der Waals surface area (Å²) in [6.45, 7) is -0.0122. The minimum atomic E-state index is -3.89. The average molecular weight is 790 g/mol. The van der Waals surface area contributed by atoms with Crippen LogP contribution < -0.4 is 15.4 Å². The third-order valence-electron chi connectivity index (χ3n) is 10.9. The minimum Gasteiger partial charge on any atom is -0.390 e. The molecule has 12 nitrogen and oxygen atoms in total. The van der Waals surface area contributed by atoms with Gasteiger partial charge in [0.1, 0.15) is 34.3 Å². The fourth-order valence-electron chi connectivity index (χ4n) is 7.74. The molecule has 3 aromatic rings. The number of fused-ring (bicyclic) bond motifs is 5. The molecule has 0 bridgehead atoms. The predicted octanol–water partition coefficient (Wildman–Crippen LogP) is 4.92. The molecule has 5 atom stereocenters. The van der Waals surface area contributed by atoms with Gasteiger partial charge in [-0.2, -0.15) is 0 Å². The molecular weight excluding hydrogens is 750 g/mol. The summed E-state index contributed by atoms with van der Waals surface area (Å²) < 4.78 is 27.9. The normalized spacial score (nSPS) is 27.2. The van der Waals surface area contributed by atoms with E-state index in [2.05, 4.69) is 20.5 Å². The van der Waals surface area contributed by atoms with E-state index in [9.17, 15) is 27.6 Å². The van der Waals surface area contributed by atoms with Gasteiger partial charge < -0.3 is 20.4 Å². The summed E-state index contributed by atoms with van der Waals surface area (Å²) in [5, 5.41) is 11.7. The molecule has 1 saturated heterocycles. The molecule has 3 heterocycles. The van der Waals surface area contributed by atoms with E-state index in [0.29, 0.717) is 37.8 Å². The Morgan fingerprint density at radius 1 is 0.963 bits per heavy atom. The molecule has 282 valence electrons. The van der Waals surface area contributed by atoms with Crippen LogP contribution in [0.3, 0.4) is 0 Å². The van der Waals surface area contributed by atoms with E-state index in [1.165, 1.54) is 16.2 Å². The maximum Gasteiger partial charge on any atom is 0.263 e. The van der Waals surface area contributed by atoms with Crippen LogP contribution in [0.25, 0.3) is 11.1 Å².